The van der Waals surface area contributed by atoms with Gasteiger partial charge < -0.3 is 14.2 Å². The van der Waals surface area contributed by atoms with Gasteiger partial charge in [-0.2, -0.15) is 0 Å². The van der Waals surface area contributed by atoms with E-state index in [1.54, 1.807) is 0 Å². The zero-order valence-electron chi connectivity index (χ0n) is 52.1. The molecule has 0 heterocycles. The van der Waals surface area contributed by atoms with Crippen molar-refractivity contribution >= 4 is 17.9 Å². The summed E-state index contributed by atoms with van der Waals surface area (Å²) in [5.74, 6) is -1.12. The normalized spacial score (nSPS) is 13.7. The van der Waals surface area contributed by atoms with E-state index >= 15 is 0 Å². The maximum absolute atomic E-state index is 12.9. The van der Waals surface area contributed by atoms with Crippen molar-refractivity contribution in [2.24, 2.45) is 0 Å². The Kier molecular flexibility index (Phi) is 62.6. The van der Waals surface area contributed by atoms with Crippen LogP contribution >= 0.6 is 0 Å². The quantitative estimate of drug-likeness (QED) is 0.0261. The van der Waals surface area contributed by atoms with E-state index in [9.17, 15) is 14.4 Å². The lowest BCUT2D eigenvalue weighted by atomic mass is 10.1. The minimum Gasteiger partial charge on any atom is -0.462 e. The van der Waals surface area contributed by atoms with E-state index in [0.717, 1.165) is 154 Å². The number of carbonyl (C=O) groups excluding carboxylic acids is 3. The summed E-state index contributed by atoms with van der Waals surface area (Å²) in [6.07, 6.45) is 108. The summed E-state index contributed by atoms with van der Waals surface area (Å²) in [5.41, 5.74) is 0. The van der Waals surface area contributed by atoms with Gasteiger partial charge in [-0.05, 0) is 167 Å². The summed E-state index contributed by atoms with van der Waals surface area (Å²) in [5, 5.41) is 0. The number of hydrogen-bond acceptors (Lipinski definition) is 6. The number of ether oxygens (including phenoxy) is 3. The molecule has 0 aliphatic carbocycles. The SMILES string of the molecule is CC/C=C\C/C=C\C/C=C\C/C=C\C/C=C\C/C=C\C/C=C\C/C=C\C/C=C\C/C=C\CCCCC(=O)OCC(COC(=O)CC/C=C\C/C=C\C/C=C\C/C=C\CC)OC(=O)CCCCC/C=C\C/C=C\C/C=C\C/C=C\C/C=C\CC. The Labute approximate surface area is 507 Å². The molecular weight excluding hydrogens is 1020 g/mol. The fraction of sp³-hybridized carbons (Fsp3) is 0.468. The van der Waals surface area contributed by atoms with Gasteiger partial charge in [-0.3, -0.25) is 14.4 Å². The lowest BCUT2D eigenvalue weighted by Crippen LogP contribution is -2.30. The van der Waals surface area contributed by atoms with Crippen molar-refractivity contribution in [2.75, 3.05) is 13.2 Å². The van der Waals surface area contributed by atoms with Crippen LogP contribution in [0.5, 0.6) is 0 Å². The zero-order valence-corrected chi connectivity index (χ0v) is 52.1. The number of rotatable bonds is 54. The summed E-state index contributed by atoms with van der Waals surface area (Å²) < 4.78 is 16.7. The first kappa shape index (κ1) is 76.5. The average molecular weight is 1130 g/mol. The Hall–Kier alpha value is -6.53. The molecule has 1 unspecified atom stereocenters. The van der Waals surface area contributed by atoms with Crippen molar-refractivity contribution < 1.29 is 28.6 Å². The molecule has 1 atom stereocenters. The lowest BCUT2D eigenvalue weighted by Gasteiger charge is -2.18. The second kappa shape index (κ2) is 68.0. The van der Waals surface area contributed by atoms with E-state index in [1.165, 1.54) is 0 Å². The van der Waals surface area contributed by atoms with Gasteiger partial charge in [-0.15, -0.1) is 0 Å². The van der Waals surface area contributed by atoms with Gasteiger partial charge in [0.2, 0.25) is 0 Å². The predicted molar refractivity (Wildman–Crippen MR) is 361 cm³/mol. The molecule has 0 rings (SSSR count). The Bertz CT molecular complexity index is 2130. The molecule has 0 N–H and O–H groups in total. The van der Waals surface area contributed by atoms with Crippen LogP contribution in [0, 0.1) is 0 Å². The fourth-order valence-electron chi connectivity index (χ4n) is 7.51. The Morgan fingerprint density at radius 1 is 0.241 bits per heavy atom. The van der Waals surface area contributed by atoms with Crippen LogP contribution in [0.3, 0.4) is 0 Å². The molecule has 0 aliphatic rings. The highest BCUT2D eigenvalue weighted by Crippen LogP contribution is 2.10. The van der Waals surface area contributed by atoms with Crippen LogP contribution in [-0.2, 0) is 28.6 Å². The van der Waals surface area contributed by atoms with Crippen LogP contribution in [0.4, 0.5) is 0 Å². The van der Waals surface area contributed by atoms with Crippen molar-refractivity contribution in [3.8, 4) is 0 Å². The van der Waals surface area contributed by atoms with Gasteiger partial charge in [0.05, 0.1) is 0 Å². The highest BCUT2D eigenvalue weighted by molar-refractivity contribution is 5.71. The van der Waals surface area contributed by atoms with Crippen molar-refractivity contribution in [2.45, 2.75) is 219 Å². The molecule has 0 fully saturated rings. The van der Waals surface area contributed by atoms with E-state index in [0.29, 0.717) is 19.3 Å². The third-order valence-electron chi connectivity index (χ3n) is 12.2. The summed E-state index contributed by atoms with van der Waals surface area (Å²) in [7, 11) is 0. The molecule has 0 saturated heterocycles. The first-order chi connectivity index (χ1) is 41.0. The summed E-state index contributed by atoms with van der Waals surface area (Å²) in [6, 6.07) is 0. The number of allylic oxidation sites excluding steroid dienone is 38. The molecular formula is C77H112O6. The molecule has 0 saturated carbocycles. The van der Waals surface area contributed by atoms with Crippen LogP contribution in [0.25, 0.3) is 0 Å². The maximum Gasteiger partial charge on any atom is 0.306 e. The van der Waals surface area contributed by atoms with Crippen molar-refractivity contribution in [1.82, 2.24) is 0 Å². The van der Waals surface area contributed by atoms with Gasteiger partial charge in [-0.25, -0.2) is 0 Å². The van der Waals surface area contributed by atoms with Crippen molar-refractivity contribution in [1.29, 1.82) is 0 Å². The average Bonchev–Trinajstić information content (AvgIpc) is 3.49. The van der Waals surface area contributed by atoms with Crippen molar-refractivity contribution in [3.05, 3.63) is 231 Å². The number of esters is 3. The van der Waals surface area contributed by atoms with E-state index < -0.39 is 6.10 Å². The minimum absolute atomic E-state index is 0.151. The number of carbonyl (C=O) groups is 3. The minimum atomic E-state index is -0.859. The largest absolute Gasteiger partial charge is 0.462 e. The standard InChI is InChI=1S/C77H112O6/c1-4-7-10-13-16-19-22-25-27-29-31-32-33-34-35-36-37-38-39-40-41-42-43-44-46-47-49-52-55-58-61-64-67-70-76(79)82-73-74(72-81-75(78)69-66-63-60-57-54-51-24-21-18-15-12-9-6-3)83-77(80)71-68-65-62-59-56-53-50-48-45-30-28-26-23-20-17-14-11-8-5-2/h7-12,16-21,25-28,31-32,34-35,37-38,40-41,43-45,47-49,51,53-56,58,60,63,74H,4-6,13-15,22-24,29-30,33,36,39,42,46,50,52,57,59,61-62,64-73H2,1-3H3/b10-7-,11-8-,12-9-,19-16-,20-17-,21-18-,27-25-,28-26-,32-31-,35-34-,38-37-,41-40-,44-43-,48-45-,49-47-,54-51-,56-53-,58-55-,63-60-. The molecule has 83 heavy (non-hydrogen) atoms. The van der Waals surface area contributed by atoms with Gasteiger partial charge >= 0.3 is 17.9 Å². The molecule has 0 aromatic heterocycles. The van der Waals surface area contributed by atoms with Gasteiger partial charge in [0.1, 0.15) is 13.2 Å². The van der Waals surface area contributed by atoms with E-state index in [-0.39, 0.29) is 50.4 Å². The summed E-state index contributed by atoms with van der Waals surface area (Å²) in [6.45, 7) is 6.13. The first-order valence-electron chi connectivity index (χ1n) is 31.9. The van der Waals surface area contributed by atoms with E-state index in [2.05, 4.69) is 240 Å². The molecule has 0 aliphatic heterocycles. The van der Waals surface area contributed by atoms with Crippen LogP contribution in [0.15, 0.2) is 231 Å². The monoisotopic (exact) mass is 1130 g/mol. The summed E-state index contributed by atoms with van der Waals surface area (Å²) >= 11 is 0. The molecule has 0 aromatic carbocycles. The Morgan fingerprint density at radius 3 is 0.747 bits per heavy atom. The maximum atomic E-state index is 12.9. The van der Waals surface area contributed by atoms with Gasteiger partial charge in [-0.1, -0.05) is 258 Å². The number of hydrogen-bond donors (Lipinski definition) is 0. The summed E-state index contributed by atoms with van der Waals surface area (Å²) in [4.78, 5) is 38.2. The fourth-order valence-corrected chi connectivity index (χ4v) is 7.51. The van der Waals surface area contributed by atoms with Gasteiger partial charge in [0.15, 0.2) is 6.10 Å². The third-order valence-corrected chi connectivity index (χ3v) is 12.2. The Morgan fingerprint density at radius 2 is 0.458 bits per heavy atom. The molecule has 0 radical (unpaired) electrons. The topological polar surface area (TPSA) is 78.9 Å². The predicted octanol–water partition coefficient (Wildman–Crippen LogP) is 22.3. The molecule has 0 bridgehead atoms. The second-order valence-electron chi connectivity index (χ2n) is 19.8. The molecule has 0 aromatic rings. The van der Waals surface area contributed by atoms with Crippen LogP contribution < -0.4 is 0 Å². The van der Waals surface area contributed by atoms with Crippen LogP contribution in [0.2, 0.25) is 0 Å². The molecule has 6 nitrogen and oxygen atoms in total. The van der Waals surface area contributed by atoms with Crippen LogP contribution in [0.1, 0.15) is 213 Å². The van der Waals surface area contributed by atoms with Crippen molar-refractivity contribution in [3.63, 3.8) is 0 Å². The van der Waals surface area contributed by atoms with E-state index in [1.807, 2.05) is 12.2 Å². The molecule has 456 valence electrons. The van der Waals surface area contributed by atoms with Gasteiger partial charge in [0.25, 0.3) is 0 Å². The second-order valence-corrected chi connectivity index (χ2v) is 19.8. The number of unbranched alkanes of at least 4 members (excludes halogenated alkanes) is 5. The first-order valence-corrected chi connectivity index (χ1v) is 31.9. The van der Waals surface area contributed by atoms with E-state index in [4.69, 9.17) is 14.2 Å². The van der Waals surface area contributed by atoms with Crippen LogP contribution in [-0.4, -0.2) is 37.2 Å². The molecule has 0 spiro atoms. The third kappa shape index (κ3) is 66.2. The highest BCUT2D eigenvalue weighted by Gasteiger charge is 2.19. The smallest absolute Gasteiger partial charge is 0.306 e. The van der Waals surface area contributed by atoms with Gasteiger partial charge in [0, 0.05) is 19.3 Å². The Balaban J connectivity index is 4.53. The molecule has 6 heteroatoms. The molecule has 0 amide bonds. The highest BCUT2D eigenvalue weighted by atomic mass is 16.6. The zero-order chi connectivity index (χ0) is 59.9. The lowest BCUT2D eigenvalue weighted by molar-refractivity contribution is -0.166.